The molecule has 184 valence electrons. The summed E-state index contributed by atoms with van der Waals surface area (Å²) in [6.45, 7) is 5.98. The zero-order valence-electron chi connectivity index (χ0n) is 20.4. The molecule has 1 fully saturated rings. The van der Waals surface area contributed by atoms with Crippen molar-refractivity contribution >= 4 is 34.5 Å². The van der Waals surface area contributed by atoms with Gasteiger partial charge in [-0.15, -0.1) is 11.3 Å². The third-order valence-electron chi connectivity index (χ3n) is 6.64. The second kappa shape index (κ2) is 10.9. The maximum absolute atomic E-state index is 12.6. The molecule has 2 amide bonds. The number of benzene rings is 2. The van der Waals surface area contributed by atoms with Crippen molar-refractivity contribution < 1.29 is 14.3 Å². The Kier molecular flexibility index (Phi) is 7.70. The van der Waals surface area contributed by atoms with Gasteiger partial charge in [0.25, 0.3) is 0 Å². The van der Waals surface area contributed by atoms with Gasteiger partial charge in [0.1, 0.15) is 12.0 Å². The Hall–Kier alpha value is -3.39. The first-order valence-corrected chi connectivity index (χ1v) is 12.8. The van der Waals surface area contributed by atoms with Gasteiger partial charge in [0, 0.05) is 24.2 Å². The van der Waals surface area contributed by atoms with Crippen LogP contribution in [-0.2, 0) is 10.2 Å². The number of piperidine rings is 1. The van der Waals surface area contributed by atoms with Crippen molar-refractivity contribution in [3.63, 3.8) is 0 Å². The molecule has 2 unspecified atom stereocenters. The monoisotopic (exact) mass is 492 g/mol. The smallest absolute Gasteiger partial charge is 0.321 e. The molecule has 2 N–H and O–H groups in total. The number of urea groups is 1. The van der Waals surface area contributed by atoms with Gasteiger partial charge in [0.15, 0.2) is 5.13 Å². The number of carbonyl (C=O) groups excluding carboxylic acids is 2. The van der Waals surface area contributed by atoms with Crippen LogP contribution in [0.1, 0.15) is 56.0 Å². The summed E-state index contributed by atoms with van der Waals surface area (Å²) in [6.07, 6.45) is 4.67. The second-order valence-corrected chi connectivity index (χ2v) is 9.90. The van der Waals surface area contributed by atoms with Crippen LogP contribution in [0.2, 0.25) is 0 Å². The molecule has 1 aliphatic rings. The lowest BCUT2D eigenvalue weighted by molar-refractivity contribution is -0.111. The predicted molar refractivity (Wildman–Crippen MR) is 141 cm³/mol. The van der Waals surface area contributed by atoms with E-state index in [9.17, 15) is 9.59 Å². The van der Waals surface area contributed by atoms with Crippen LogP contribution in [0.15, 0.2) is 53.9 Å². The summed E-state index contributed by atoms with van der Waals surface area (Å²) >= 11 is 1.29. The molecule has 2 atom stereocenters. The van der Waals surface area contributed by atoms with E-state index in [2.05, 4.69) is 44.8 Å². The number of aldehydes is 1. The third-order valence-corrected chi connectivity index (χ3v) is 7.40. The van der Waals surface area contributed by atoms with Crippen molar-refractivity contribution in [2.45, 2.75) is 44.6 Å². The third kappa shape index (κ3) is 5.65. The molecule has 0 saturated carbocycles. The Labute approximate surface area is 210 Å². The lowest BCUT2D eigenvalue weighted by atomic mass is 9.81. The molecule has 1 aromatic heterocycles. The highest BCUT2D eigenvalue weighted by molar-refractivity contribution is 7.14. The van der Waals surface area contributed by atoms with E-state index in [1.54, 1.807) is 12.5 Å². The number of carbonyl (C=O) groups is 2. The van der Waals surface area contributed by atoms with Gasteiger partial charge in [-0.05, 0) is 68.5 Å². The Bertz CT molecular complexity index is 1140. The standard InChI is InChI=1S/C27H32N4O3S/c1-19(20-7-11-22(12-8-20)31-15-5-4-6-16-31)28-25(33)30-26-29-24(17-35-26)27(2,18-32)21-9-13-23(34-3)14-10-21/h7-14,17-19H,4-6,15-16H2,1-3H3,(H2,28,29,30,33). The van der Waals surface area contributed by atoms with E-state index in [1.165, 1.54) is 36.3 Å². The molecule has 35 heavy (non-hydrogen) atoms. The molecule has 0 radical (unpaired) electrons. The van der Waals surface area contributed by atoms with E-state index in [1.807, 2.05) is 38.1 Å². The van der Waals surface area contributed by atoms with E-state index < -0.39 is 5.41 Å². The number of aromatic nitrogens is 1. The second-order valence-electron chi connectivity index (χ2n) is 9.05. The molecule has 0 bridgehead atoms. The number of nitrogens with one attached hydrogen (secondary N) is 2. The van der Waals surface area contributed by atoms with Crippen molar-refractivity contribution in [1.29, 1.82) is 0 Å². The number of methoxy groups -OCH3 is 1. The first-order valence-electron chi connectivity index (χ1n) is 11.9. The van der Waals surface area contributed by atoms with Crippen LogP contribution in [0.25, 0.3) is 0 Å². The number of hydrogen-bond donors (Lipinski definition) is 2. The van der Waals surface area contributed by atoms with Crippen LogP contribution in [0.4, 0.5) is 15.6 Å². The minimum Gasteiger partial charge on any atom is -0.497 e. The van der Waals surface area contributed by atoms with E-state index in [0.29, 0.717) is 10.8 Å². The van der Waals surface area contributed by atoms with Crippen LogP contribution < -0.4 is 20.3 Å². The first-order chi connectivity index (χ1) is 16.9. The van der Waals surface area contributed by atoms with Crippen LogP contribution in [-0.4, -0.2) is 37.5 Å². The van der Waals surface area contributed by atoms with Crippen molar-refractivity contribution in [2.24, 2.45) is 0 Å². The summed E-state index contributed by atoms with van der Waals surface area (Å²) in [5.74, 6) is 0.717. The summed E-state index contributed by atoms with van der Waals surface area (Å²) in [4.78, 5) is 31.7. The van der Waals surface area contributed by atoms with Crippen molar-refractivity contribution in [1.82, 2.24) is 10.3 Å². The molecule has 0 aliphatic carbocycles. The molecule has 7 nitrogen and oxygen atoms in total. The quantitative estimate of drug-likeness (QED) is 0.404. The summed E-state index contributed by atoms with van der Waals surface area (Å²) in [7, 11) is 1.60. The minimum absolute atomic E-state index is 0.163. The molecular weight excluding hydrogens is 460 g/mol. The van der Waals surface area contributed by atoms with Crippen molar-refractivity contribution in [3.05, 3.63) is 70.7 Å². The number of hydrogen-bond acceptors (Lipinski definition) is 6. The normalized spacial score (nSPS) is 16.1. The van der Waals surface area contributed by atoms with Crippen LogP contribution in [0.3, 0.4) is 0 Å². The highest BCUT2D eigenvalue weighted by Crippen LogP contribution is 2.33. The van der Waals surface area contributed by atoms with Crippen molar-refractivity contribution in [2.75, 3.05) is 30.4 Å². The average Bonchev–Trinajstić information content (AvgIpc) is 3.37. The van der Waals surface area contributed by atoms with E-state index in [4.69, 9.17) is 4.74 Å². The highest BCUT2D eigenvalue weighted by Gasteiger charge is 2.31. The van der Waals surface area contributed by atoms with Gasteiger partial charge in [-0.25, -0.2) is 9.78 Å². The number of rotatable bonds is 8. The molecule has 8 heteroatoms. The molecule has 0 spiro atoms. The zero-order valence-corrected chi connectivity index (χ0v) is 21.2. The van der Waals surface area contributed by atoms with Gasteiger partial charge in [0.2, 0.25) is 0 Å². The molecule has 2 heterocycles. The first kappa shape index (κ1) is 24.7. The lowest BCUT2D eigenvalue weighted by Gasteiger charge is -2.29. The van der Waals surface area contributed by atoms with Gasteiger partial charge < -0.3 is 19.7 Å². The van der Waals surface area contributed by atoms with E-state index in [-0.39, 0.29) is 12.1 Å². The molecule has 1 aliphatic heterocycles. The van der Waals surface area contributed by atoms with Crippen LogP contribution >= 0.6 is 11.3 Å². The Morgan fingerprint density at radius 1 is 1.11 bits per heavy atom. The molecular formula is C27H32N4O3S. The highest BCUT2D eigenvalue weighted by atomic mass is 32.1. The van der Waals surface area contributed by atoms with Gasteiger partial charge in [-0.3, -0.25) is 5.32 Å². The van der Waals surface area contributed by atoms with Gasteiger partial charge in [-0.1, -0.05) is 24.3 Å². The summed E-state index contributed by atoms with van der Waals surface area (Å²) in [5.41, 5.74) is 2.72. The SMILES string of the molecule is COc1ccc(C(C)(C=O)c2csc(NC(=O)NC(C)c3ccc(N4CCCCC4)cc3)n2)cc1. The average molecular weight is 493 g/mol. The molecule has 2 aromatic carbocycles. The van der Waals surface area contributed by atoms with Crippen LogP contribution in [0, 0.1) is 0 Å². The number of thiazole rings is 1. The maximum atomic E-state index is 12.6. The number of amides is 2. The Morgan fingerprint density at radius 2 is 1.80 bits per heavy atom. The summed E-state index contributed by atoms with van der Waals surface area (Å²) < 4.78 is 5.21. The minimum atomic E-state index is -0.928. The van der Waals surface area contributed by atoms with Gasteiger partial charge in [0.05, 0.1) is 24.3 Å². The number of ether oxygens (including phenoxy) is 1. The Balaban J connectivity index is 1.37. The molecule has 1 saturated heterocycles. The number of nitrogens with zero attached hydrogens (tertiary/aromatic N) is 2. The predicted octanol–water partition coefficient (Wildman–Crippen LogP) is 5.53. The number of anilines is 2. The maximum Gasteiger partial charge on any atom is 0.321 e. The van der Waals surface area contributed by atoms with Crippen LogP contribution in [0.5, 0.6) is 5.75 Å². The lowest BCUT2D eigenvalue weighted by Crippen LogP contribution is -2.31. The fourth-order valence-corrected chi connectivity index (χ4v) is 5.15. The largest absolute Gasteiger partial charge is 0.497 e. The van der Waals surface area contributed by atoms with Crippen molar-refractivity contribution in [3.8, 4) is 5.75 Å². The Morgan fingerprint density at radius 3 is 2.43 bits per heavy atom. The van der Waals surface area contributed by atoms with E-state index >= 15 is 0 Å². The van der Waals surface area contributed by atoms with Gasteiger partial charge >= 0.3 is 6.03 Å². The van der Waals surface area contributed by atoms with E-state index in [0.717, 1.165) is 36.3 Å². The fourth-order valence-electron chi connectivity index (χ4n) is 4.32. The van der Waals surface area contributed by atoms with Gasteiger partial charge in [-0.2, -0.15) is 0 Å². The summed E-state index contributed by atoms with van der Waals surface area (Å²) in [5, 5.41) is 8.01. The zero-order chi connectivity index (χ0) is 24.8. The fraction of sp³-hybridized carbons (Fsp3) is 0.370. The molecule has 4 rings (SSSR count). The molecule has 3 aromatic rings. The summed E-state index contributed by atoms with van der Waals surface area (Å²) in [6, 6.07) is 15.2. The topological polar surface area (TPSA) is 83.6 Å².